The fraction of sp³-hybridized carbons (Fsp3) is 0.933. The van der Waals surface area contributed by atoms with E-state index in [1.54, 1.807) is 6.21 Å². The van der Waals surface area contributed by atoms with E-state index in [1.165, 1.54) is 64.2 Å². The highest BCUT2D eigenvalue weighted by Crippen LogP contribution is 2.30. The van der Waals surface area contributed by atoms with Crippen molar-refractivity contribution in [3.05, 3.63) is 0 Å². The molecule has 1 heteroatoms. The lowest BCUT2D eigenvalue weighted by atomic mass is 9.82. The highest BCUT2D eigenvalue weighted by atomic mass is 14.3. The smallest absolute Gasteiger partial charge is 0.00476 e. The fourth-order valence-corrected chi connectivity index (χ4v) is 3.11. The quantitative estimate of drug-likeness (QED) is 0.547. The predicted octanol–water partition coefficient (Wildman–Crippen LogP) is 5.19. The lowest BCUT2D eigenvalue weighted by molar-refractivity contribution is 0.296. The van der Waals surface area contributed by atoms with Crippen molar-refractivity contribution in [2.75, 3.05) is 0 Å². The van der Waals surface area contributed by atoms with Gasteiger partial charge in [-0.05, 0) is 30.9 Å². The Morgan fingerprint density at radius 3 is 2.50 bits per heavy atom. The van der Waals surface area contributed by atoms with Gasteiger partial charge in [0, 0.05) is 0 Å². The van der Waals surface area contributed by atoms with Crippen LogP contribution in [0.4, 0.5) is 0 Å². The Labute approximate surface area is 102 Å². The molecule has 0 saturated heterocycles. The van der Waals surface area contributed by atoms with E-state index in [-0.39, 0.29) is 0 Å². The highest BCUT2D eigenvalue weighted by Gasteiger charge is 2.15. The molecular formula is C15H29N. The van der Waals surface area contributed by atoms with Crippen molar-refractivity contribution >= 4 is 6.21 Å². The maximum Gasteiger partial charge on any atom is -0.00476 e. The summed E-state index contributed by atoms with van der Waals surface area (Å²) in [5.41, 5.74) is 0. The minimum atomic E-state index is 0.897. The van der Waals surface area contributed by atoms with Crippen LogP contribution in [-0.2, 0) is 0 Å². The topological polar surface area (TPSA) is 23.9 Å². The van der Waals surface area contributed by atoms with Crippen LogP contribution in [-0.4, -0.2) is 6.21 Å². The lowest BCUT2D eigenvalue weighted by Crippen LogP contribution is -2.09. The van der Waals surface area contributed by atoms with Gasteiger partial charge in [-0.2, -0.15) is 0 Å². The summed E-state index contributed by atoms with van der Waals surface area (Å²) in [6, 6.07) is 0. The summed E-state index contributed by atoms with van der Waals surface area (Å²) in [7, 11) is 0. The molecule has 1 rings (SSSR count). The Morgan fingerprint density at radius 2 is 1.88 bits per heavy atom. The van der Waals surface area contributed by atoms with Crippen molar-refractivity contribution in [1.29, 1.82) is 5.41 Å². The Kier molecular flexibility index (Phi) is 7.54. The van der Waals surface area contributed by atoms with E-state index in [2.05, 4.69) is 6.92 Å². The summed E-state index contributed by atoms with van der Waals surface area (Å²) in [6.07, 6.45) is 16.8. The number of hydrogen-bond donors (Lipinski definition) is 1. The highest BCUT2D eigenvalue weighted by molar-refractivity contribution is 5.52. The van der Waals surface area contributed by atoms with Gasteiger partial charge in [0.1, 0.15) is 0 Å². The zero-order valence-corrected chi connectivity index (χ0v) is 11.0. The van der Waals surface area contributed by atoms with Crippen molar-refractivity contribution in [2.45, 2.75) is 77.6 Å². The van der Waals surface area contributed by atoms with Crippen LogP contribution in [0, 0.1) is 17.2 Å². The third kappa shape index (κ3) is 5.67. The van der Waals surface area contributed by atoms with E-state index in [0.29, 0.717) is 0 Å². The molecule has 1 fully saturated rings. The van der Waals surface area contributed by atoms with Crippen molar-refractivity contribution < 1.29 is 0 Å². The van der Waals surface area contributed by atoms with Crippen LogP contribution in [0.15, 0.2) is 0 Å². The molecule has 1 aliphatic carbocycles. The van der Waals surface area contributed by atoms with Gasteiger partial charge in [0.2, 0.25) is 0 Å². The monoisotopic (exact) mass is 223 g/mol. The molecule has 0 amide bonds. The zero-order valence-electron chi connectivity index (χ0n) is 11.0. The minimum absolute atomic E-state index is 0.897. The van der Waals surface area contributed by atoms with Crippen molar-refractivity contribution in [1.82, 2.24) is 0 Å². The largest absolute Gasteiger partial charge is 0.313 e. The Balaban J connectivity index is 2.16. The normalized spacial score (nSPS) is 19.6. The van der Waals surface area contributed by atoms with E-state index >= 15 is 0 Å². The molecule has 1 aliphatic rings. The molecule has 0 heterocycles. The van der Waals surface area contributed by atoms with E-state index in [4.69, 9.17) is 5.41 Å². The van der Waals surface area contributed by atoms with Gasteiger partial charge in [0.25, 0.3) is 0 Å². The third-order valence-electron chi connectivity index (χ3n) is 4.12. The molecule has 0 radical (unpaired) electrons. The van der Waals surface area contributed by atoms with Crippen LogP contribution in [0.25, 0.3) is 0 Å². The summed E-state index contributed by atoms with van der Waals surface area (Å²) in [5, 5.41) is 7.13. The van der Waals surface area contributed by atoms with Gasteiger partial charge in [-0.25, -0.2) is 0 Å². The van der Waals surface area contributed by atoms with E-state index in [1.807, 2.05) is 0 Å². The fourth-order valence-electron chi connectivity index (χ4n) is 3.11. The van der Waals surface area contributed by atoms with Gasteiger partial charge >= 0.3 is 0 Å². The molecule has 16 heavy (non-hydrogen) atoms. The first-order chi connectivity index (χ1) is 7.86. The van der Waals surface area contributed by atoms with Gasteiger partial charge in [0.05, 0.1) is 0 Å². The SMILES string of the molecule is CCCC(CCC=N)CCC1CCCCC1. The average molecular weight is 223 g/mol. The molecule has 0 spiro atoms. The molecular weight excluding hydrogens is 194 g/mol. The van der Waals surface area contributed by atoms with E-state index in [0.717, 1.165) is 18.3 Å². The molecule has 1 atom stereocenters. The van der Waals surface area contributed by atoms with Gasteiger partial charge in [0.15, 0.2) is 0 Å². The maximum atomic E-state index is 7.13. The van der Waals surface area contributed by atoms with Gasteiger partial charge in [-0.1, -0.05) is 64.7 Å². The second-order valence-electron chi connectivity index (χ2n) is 5.52. The summed E-state index contributed by atoms with van der Waals surface area (Å²) in [6.45, 7) is 2.29. The van der Waals surface area contributed by atoms with Crippen molar-refractivity contribution in [2.24, 2.45) is 11.8 Å². The third-order valence-corrected chi connectivity index (χ3v) is 4.12. The number of nitrogens with one attached hydrogen (secondary N) is 1. The van der Waals surface area contributed by atoms with Crippen LogP contribution in [0.3, 0.4) is 0 Å². The molecule has 0 aromatic rings. The average Bonchev–Trinajstić information content (AvgIpc) is 2.34. The van der Waals surface area contributed by atoms with Crippen LogP contribution in [0.5, 0.6) is 0 Å². The maximum absolute atomic E-state index is 7.13. The van der Waals surface area contributed by atoms with Crippen molar-refractivity contribution in [3.8, 4) is 0 Å². The Bertz CT molecular complexity index is 170. The molecule has 0 aromatic heterocycles. The van der Waals surface area contributed by atoms with Crippen molar-refractivity contribution in [3.63, 3.8) is 0 Å². The Morgan fingerprint density at radius 1 is 1.12 bits per heavy atom. The Hall–Kier alpha value is -0.330. The molecule has 0 aromatic carbocycles. The van der Waals surface area contributed by atoms with Crippen LogP contribution < -0.4 is 0 Å². The minimum Gasteiger partial charge on any atom is -0.313 e. The summed E-state index contributed by atoms with van der Waals surface area (Å²) < 4.78 is 0. The van der Waals surface area contributed by atoms with Gasteiger partial charge in [-0.15, -0.1) is 0 Å². The molecule has 1 N–H and O–H groups in total. The van der Waals surface area contributed by atoms with E-state index < -0.39 is 0 Å². The number of hydrogen-bond acceptors (Lipinski definition) is 1. The molecule has 1 saturated carbocycles. The van der Waals surface area contributed by atoms with Crippen LogP contribution in [0.1, 0.15) is 77.6 Å². The second-order valence-corrected chi connectivity index (χ2v) is 5.52. The molecule has 0 bridgehead atoms. The molecule has 94 valence electrons. The van der Waals surface area contributed by atoms with Gasteiger partial charge in [-0.3, -0.25) is 0 Å². The first kappa shape index (κ1) is 13.7. The molecule has 1 unspecified atom stereocenters. The number of rotatable bonds is 8. The van der Waals surface area contributed by atoms with Crippen LogP contribution >= 0.6 is 0 Å². The van der Waals surface area contributed by atoms with Crippen LogP contribution in [0.2, 0.25) is 0 Å². The summed E-state index contributed by atoms with van der Waals surface area (Å²) >= 11 is 0. The summed E-state index contributed by atoms with van der Waals surface area (Å²) in [4.78, 5) is 0. The molecule has 1 nitrogen and oxygen atoms in total. The zero-order chi connectivity index (χ0) is 11.6. The lowest BCUT2D eigenvalue weighted by Gasteiger charge is -2.24. The first-order valence-corrected chi connectivity index (χ1v) is 7.35. The molecule has 0 aliphatic heterocycles. The second kappa shape index (κ2) is 8.78. The van der Waals surface area contributed by atoms with E-state index in [9.17, 15) is 0 Å². The predicted molar refractivity (Wildman–Crippen MR) is 72.2 cm³/mol. The summed E-state index contributed by atoms with van der Waals surface area (Å²) in [5.74, 6) is 1.93. The first-order valence-electron chi connectivity index (χ1n) is 7.35. The van der Waals surface area contributed by atoms with Gasteiger partial charge < -0.3 is 5.41 Å². The standard InChI is InChI=1S/C15H29N/c1-2-7-14(10-6-13-16)11-12-15-8-4-3-5-9-15/h13-16H,2-12H2,1H3.